The summed E-state index contributed by atoms with van der Waals surface area (Å²) in [4.78, 5) is 10.7. The Morgan fingerprint density at radius 3 is 2.68 bits per heavy atom. The highest BCUT2D eigenvalue weighted by Crippen LogP contribution is 2.39. The SMILES string of the molecule is O=[N+]([O-])c1ccccc1-c1nnc(C2CCCC2)s1. The highest BCUT2D eigenvalue weighted by molar-refractivity contribution is 7.14. The summed E-state index contributed by atoms with van der Waals surface area (Å²) in [6.07, 6.45) is 4.80. The molecule has 0 unspecified atom stereocenters. The molecule has 0 aliphatic heterocycles. The summed E-state index contributed by atoms with van der Waals surface area (Å²) in [5.41, 5.74) is 0.658. The third-order valence-corrected chi connectivity index (χ3v) is 4.60. The molecule has 0 spiro atoms. The van der Waals surface area contributed by atoms with Gasteiger partial charge in [-0.3, -0.25) is 10.1 Å². The Bertz CT molecular complexity index is 605. The van der Waals surface area contributed by atoms with E-state index < -0.39 is 0 Å². The van der Waals surface area contributed by atoms with Crippen molar-refractivity contribution >= 4 is 17.0 Å². The van der Waals surface area contributed by atoms with E-state index in [4.69, 9.17) is 0 Å². The first-order valence-corrected chi connectivity index (χ1v) is 7.14. The summed E-state index contributed by atoms with van der Waals surface area (Å²) < 4.78 is 0. The second-order valence-corrected chi connectivity index (χ2v) is 5.71. The van der Waals surface area contributed by atoms with Gasteiger partial charge in [-0.25, -0.2) is 0 Å². The normalized spacial score (nSPS) is 15.8. The molecular weight excluding hydrogens is 262 g/mol. The smallest absolute Gasteiger partial charge is 0.258 e. The monoisotopic (exact) mass is 275 g/mol. The first-order chi connectivity index (χ1) is 9.25. The van der Waals surface area contributed by atoms with E-state index in [-0.39, 0.29) is 10.6 Å². The number of hydrogen-bond donors (Lipinski definition) is 0. The zero-order valence-corrected chi connectivity index (χ0v) is 11.1. The summed E-state index contributed by atoms with van der Waals surface area (Å²) in [5.74, 6) is 0.494. The van der Waals surface area contributed by atoms with Crippen LogP contribution in [-0.4, -0.2) is 15.1 Å². The molecule has 1 heterocycles. The van der Waals surface area contributed by atoms with E-state index in [2.05, 4.69) is 10.2 Å². The van der Waals surface area contributed by atoms with E-state index in [1.165, 1.54) is 30.2 Å². The summed E-state index contributed by atoms with van der Waals surface area (Å²) in [6.45, 7) is 0. The zero-order valence-electron chi connectivity index (χ0n) is 10.3. The van der Waals surface area contributed by atoms with E-state index in [1.807, 2.05) is 0 Å². The fourth-order valence-electron chi connectivity index (χ4n) is 2.49. The van der Waals surface area contributed by atoms with Gasteiger partial charge in [0.1, 0.15) is 5.01 Å². The van der Waals surface area contributed by atoms with Crippen LogP contribution in [0.3, 0.4) is 0 Å². The van der Waals surface area contributed by atoms with E-state index in [1.54, 1.807) is 18.2 Å². The van der Waals surface area contributed by atoms with Gasteiger partial charge in [-0.1, -0.05) is 36.3 Å². The summed E-state index contributed by atoms with van der Waals surface area (Å²) >= 11 is 1.49. The fourth-order valence-corrected chi connectivity index (χ4v) is 3.54. The summed E-state index contributed by atoms with van der Waals surface area (Å²) in [5, 5.41) is 21.0. The molecule has 0 N–H and O–H groups in total. The number of nitrogens with zero attached hydrogens (tertiary/aromatic N) is 3. The average Bonchev–Trinajstić information content (AvgIpc) is 3.09. The minimum absolute atomic E-state index is 0.0941. The Balaban J connectivity index is 1.96. The first kappa shape index (κ1) is 12.2. The molecule has 0 saturated heterocycles. The molecule has 2 aromatic rings. The van der Waals surface area contributed by atoms with E-state index >= 15 is 0 Å². The van der Waals surface area contributed by atoms with Crippen molar-refractivity contribution in [2.75, 3.05) is 0 Å². The Kier molecular flexibility index (Phi) is 3.25. The first-order valence-electron chi connectivity index (χ1n) is 6.33. The van der Waals surface area contributed by atoms with Crippen LogP contribution in [0.15, 0.2) is 24.3 Å². The number of hydrogen-bond acceptors (Lipinski definition) is 5. The van der Waals surface area contributed by atoms with Crippen LogP contribution in [-0.2, 0) is 0 Å². The van der Waals surface area contributed by atoms with Crippen LogP contribution in [0, 0.1) is 10.1 Å². The van der Waals surface area contributed by atoms with Gasteiger partial charge < -0.3 is 0 Å². The van der Waals surface area contributed by atoms with Crippen molar-refractivity contribution in [2.45, 2.75) is 31.6 Å². The molecule has 19 heavy (non-hydrogen) atoms. The third kappa shape index (κ3) is 2.35. The molecule has 3 rings (SSSR count). The molecule has 0 atom stereocenters. The Morgan fingerprint density at radius 2 is 1.95 bits per heavy atom. The maximum atomic E-state index is 11.0. The molecule has 1 aromatic carbocycles. The topological polar surface area (TPSA) is 68.9 Å². The number of nitro groups is 1. The molecule has 1 aliphatic rings. The van der Waals surface area contributed by atoms with Gasteiger partial charge >= 0.3 is 0 Å². The Morgan fingerprint density at radius 1 is 1.21 bits per heavy atom. The van der Waals surface area contributed by atoms with Gasteiger partial charge in [0, 0.05) is 12.0 Å². The van der Waals surface area contributed by atoms with Gasteiger partial charge in [0.15, 0.2) is 5.01 Å². The van der Waals surface area contributed by atoms with Crippen LogP contribution in [0.2, 0.25) is 0 Å². The Labute approximate surface area is 114 Å². The van der Waals surface area contributed by atoms with Crippen LogP contribution >= 0.6 is 11.3 Å². The van der Waals surface area contributed by atoms with Crippen molar-refractivity contribution in [3.05, 3.63) is 39.4 Å². The predicted octanol–water partition coefficient (Wildman–Crippen LogP) is 3.77. The maximum Gasteiger partial charge on any atom is 0.279 e. The lowest BCUT2D eigenvalue weighted by atomic mass is 10.1. The van der Waals surface area contributed by atoms with Gasteiger partial charge in [-0.2, -0.15) is 0 Å². The minimum atomic E-state index is -0.369. The van der Waals surface area contributed by atoms with E-state index in [9.17, 15) is 10.1 Å². The molecule has 1 aromatic heterocycles. The van der Waals surface area contributed by atoms with Crippen molar-refractivity contribution in [3.8, 4) is 10.6 Å². The van der Waals surface area contributed by atoms with Crippen molar-refractivity contribution in [1.29, 1.82) is 0 Å². The van der Waals surface area contributed by atoms with Crippen LogP contribution in [0.1, 0.15) is 36.6 Å². The van der Waals surface area contributed by atoms with Crippen molar-refractivity contribution in [2.24, 2.45) is 0 Å². The molecule has 1 aliphatic carbocycles. The largest absolute Gasteiger partial charge is 0.279 e. The molecule has 5 nitrogen and oxygen atoms in total. The van der Waals surface area contributed by atoms with Crippen LogP contribution in [0.4, 0.5) is 5.69 Å². The molecule has 0 amide bonds. The minimum Gasteiger partial charge on any atom is -0.258 e. The lowest BCUT2D eigenvalue weighted by Crippen LogP contribution is -1.91. The lowest BCUT2D eigenvalue weighted by molar-refractivity contribution is -0.384. The number of benzene rings is 1. The Hall–Kier alpha value is -1.82. The van der Waals surface area contributed by atoms with E-state index in [0.29, 0.717) is 16.5 Å². The van der Waals surface area contributed by atoms with Crippen molar-refractivity contribution in [1.82, 2.24) is 10.2 Å². The number of nitro benzene ring substituents is 1. The quantitative estimate of drug-likeness (QED) is 0.631. The second-order valence-electron chi connectivity index (χ2n) is 4.70. The highest BCUT2D eigenvalue weighted by atomic mass is 32.1. The van der Waals surface area contributed by atoms with E-state index in [0.717, 1.165) is 17.8 Å². The molecule has 0 radical (unpaired) electrons. The fraction of sp³-hybridized carbons (Fsp3) is 0.385. The lowest BCUT2D eigenvalue weighted by Gasteiger charge is -2.01. The van der Waals surface area contributed by atoms with Gasteiger partial charge in [-0.05, 0) is 18.9 Å². The number of aromatic nitrogens is 2. The second kappa shape index (κ2) is 5.05. The third-order valence-electron chi connectivity index (χ3n) is 3.48. The standard InChI is InChI=1S/C13H13N3O2S/c17-16(18)11-8-4-3-7-10(11)13-15-14-12(19-13)9-5-1-2-6-9/h3-4,7-9H,1-2,5-6H2. The maximum absolute atomic E-state index is 11.0. The van der Waals surface area contributed by atoms with Crippen molar-refractivity contribution < 1.29 is 4.92 Å². The average molecular weight is 275 g/mol. The zero-order chi connectivity index (χ0) is 13.2. The molecule has 0 bridgehead atoms. The van der Waals surface area contributed by atoms with Crippen LogP contribution in [0.25, 0.3) is 10.6 Å². The number of para-hydroxylation sites is 1. The van der Waals surface area contributed by atoms with Gasteiger partial charge in [0.05, 0.1) is 10.5 Å². The summed E-state index contributed by atoms with van der Waals surface area (Å²) in [7, 11) is 0. The van der Waals surface area contributed by atoms with Crippen molar-refractivity contribution in [3.63, 3.8) is 0 Å². The molecule has 1 fully saturated rings. The van der Waals surface area contributed by atoms with Gasteiger partial charge in [0.2, 0.25) is 0 Å². The molecule has 6 heteroatoms. The molecule has 98 valence electrons. The van der Waals surface area contributed by atoms with Gasteiger partial charge in [0.25, 0.3) is 5.69 Å². The van der Waals surface area contributed by atoms with Crippen LogP contribution < -0.4 is 0 Å². The van der Waals surface area contributed by atoms with Gasteiger partial charge in [-0.15, -0.1) is 10.2 Å². The highest BCUT2D eigenvalue weighted by Gasteiger charge is 2.23. The molecular formula is C13H13N3O2S. The summed E-state index contributed by atoms with van der Waals surface area (Å²) in [6, 6.07) is 6.70. The molecule has 1 saturated carbocycles. The number of rotatable bonds is 3. The predicted molar refractivity (Wildman–Crippen MR) is 73.2 cm³/mol. The van der Waals surface area contributed by atoms with Crippen LogP contribution in [0.5, 0.6) is 0 Å².